The molecule has 6 aromatic carbocycles. The minimum atomic E-state index is -3.38. The summed E-state index contributed by atoms with van der Waals surface area (Å²) < 4.78 is 30.8. The third kappa shape index (κ3) is 4.88. The van der Waals surface area contributed by atoms with Crippen LogP contribution in [0.15, 0.2) is 158 Å². The molecule has 0 amide bonds. The van der Waals surface area contributed by atoms with Gasteiger partial charge in [0.1, 0.15) is 0 Å². The molecule has 2 heterocycles. The second kappa shape index (κ2) is 12.7. The summed E-state index contributed by atoms with van der Waals surface area (Å²) in [6.45, 7) is 4.34. The minimum Gasteiger partial charge on any atom is -0.334 e. The monoisotopic (exact) mass is 664 g/mol. The highest BCUT2D eigenvalue weighted by molar-refractivity contribution is 7.85. The average Bonchev–Trinajstić information content (AvgIpc) is 3.67. The standard InChI is InChI=1S/C43H38O3P2/c1-3-37-35-27-17-29-39(47(31-19-9-5-10-20-31)32-21-11-6-12-22-32)41(35)43(45-37)42-36(38(4-2)46-43)28-18-30-40(42)48(44,33-23-13-7-14-24-33)34-25-15-8-16-26-34/h5-30,37-38H,3-4H2,1-2H3/t37-,38-,43-/m0/s1. The Morgan fingerprint density at radius 1 is 0.542 bits per heavy atom. The van der Waals surface area contributed by atoms with E-state index >= 15 is 4.57 Å². The van der Waals surface area contributed by atoms with Crippen molar-refractivity contribution >= 4 is 46.9 Å². The summed E-state index contributed by atoms with van der Waals surface area (Å²) in [5.74, 6) is -1.22. The molecule has 3 nitrogen and oxygen atoms in total. The molecular formula is C43H38O3P2. The van der Waals surface area contributed by atoms with Crippen molar-refractivity contribution in [2.24, 2.45) is 0 Å². The van der Waals surface area contributed by atoms with Gasteiger partial charge in [-0.1, -0.05) is 172 Å². The first-order valence-corrected chi connectivity index (χ1v) is 19.9. The number of hydrogen-bond donors (Lipinski definition) is 0. The molecule has 0 fully saturated rings. The van der Waals surface area contributed by atoms with E-state index in [0.29, 0.717) is 0 Å². The van der Waals surface area contributed by atoms with Crippen LogP contribution in [0.25, 0.3) is 0 Å². The molecule has 0 bridgehead atoms. The van der Waals surface area contributed by atoms with Gasteiger partial charge in [-0.25, -0.2) is 0 Å². The smallest absolute Gasteiger partial charge is 0.225 e. The molecule has 0 aliphatic carbocycles. The largest absolute Gasteiger partial charge is 0.334 e. The summed E-state index contributed by atoms with van der Waals surface area (Å²) in [5.41, 5.74) is 4.20. The SMILES string of the molecule is CC[C@@H]1O[C@]2(O[C@@H](CC)c3cccc(P(=O)(c4ccccc4)c4ccccc4)c32)c2c1cccc2P(c1ccccc1)c1ccccc1. The van der Waals surface area contributed by atoms with Crippen LogP contribution in [0, 0.1) is 0 Å². The summed E-state index contributed by atoms with van der Waals surface area (Å²) in [5, 5.41) is 6.13. The number of hydrogen-bond acceptors (Lipinski definition) is 3. The van der Waals surface area contributed by atoms with Crippen molar-refractivity contribution in [2.45, 2.75) is 44.7 Å². The van der Waals surface area contributed by atoms with Gasteiger partial charge in [0.05, 0.1) is 12.2 Å². The van der Waals surface area contributed by atoms with E-state index < -0.39 is 20.9 Å². The van der Waals surface area contributed by atoms with E-state index in [9.17, 15) is 0 Å². The molecule has 5 heteroatoms. The Bertz CT molecular complexity index is 2010. The van der Waals surface area contributed by atoms with E-state index in [1.165, 1.54) is 15.9 Å². The maximum Gasteiger partial charge on any atom is 0.225 e. The Hall–Kier alpha value is -4.10. The molecule has 0 unspecified atom stereocenters. The Kier molecular flexibility index (Phi) is 8.27. The van der Waals surface area contributed by atoms with E-state index in [2.05, 4.69) is 111 Å². The van der Waals surface area contributed by atoms with Crippen molar-refractivity contribution in [2.75, 3.05) is 0 Å². The number of fused-ring (bicyclic) bond motifs is 4. The number of ether oxygens (including phenoxy) is 2. The van der Waals surface area contributed by atoms with Gasteiger partial charge in [-0.3, -0.25) is 0 Å². The summed E-state index contributed by atoms with van der Waals surface area (Å²) in [7, 11) is -4.36. The number of rotatable bonds is 8. The van der Waals surface area contributed by atoms with Crippen LogP contribution in [0.2, 0.25) is 0 Å². The third-order valence-corrected chi connectivity index (χ3v) is 15.3. The predicted octanol–water partition coefficient (Wildman–Crippen LogP) is 8.25. The van der Waals surface area contributed by atoms with Gasteiger partial charge in [0.25, 0.3) is 0 Å². The normalized spacial score (nSPS) is 19.8. The van der Waals surface area contributed by atoms with Crippen LogP contribution in [0.4, 0.5) is 0 Å². The summed E-state index contributed by atoms with van der Waals surface area (Å²) in [6.07, 6.45) is 1.17. The zero-order chi connectivity index (χ0) is 32.7. The van der Waals surface area contributed by atoms with Gasteiger partial charge in [0, 0.05) is 27.0 Å². The molecule has 48 heavy (non-hydrogen) atoms. The van der Waals surface area contributed by atoms with Gasteiger partial charge >= 0.3 is 0 Å². The molecule has 8 rings (SSSR count). The van der Waals surface area contributed by atoms with Crippen molar-refractivity contribution in [3.8, 4) is 0 Å². The highest BCUT2D eigenvalue weighted by Crippen LogP contribution is 2.60. The molecule has 0 saturated heterocycles. The highest BCUT2D eigenvalue weighted by Gasteiger charge is 2.58. The quantitative estimate of drug-likeness (QED) is 0.154. The first-order valence-electron chi connectivity index (χ1n) is 16.8. The second-order valence-electron chi connectivity index (χ2n) is 12.4. The van der Waals surface area contributed by atoms with Crippen molar-refractivity contribution < 1.29 is 14.0 Å². The van der Waals surface area contributed by atoms with Crippen LogP contribution in [0.3, 0.4) is 0 Å². The highest BCUT2D eigenvalue weighted by atomic mass is 31.2. The van der Waals surface area contributed by atoms with Crippen LogP contribution in [0.1, 0.15) is 61.2 Å². The average molecular weight is 665 g/mol. The van der Waals surface area contributed by atoms with Crippen molar-refractivity contribution in [1.82, 2.24) is 0 Å². The van der Waals surface area contributed by atoms with E-state index in [-0.39, 0.29) is 12.2 Å². The second-order valence-corrected chi connectivity index (χ2v) is 17.3. The lowest BCUT2D eigenvalue weighted by atomic mass is 9.92. The zero-order valence-electron chi connectivity index (χ0n) is 27.2. The molecule has 6 aromatic rings. The van der Waals surface area contributed by atoms with Crippen LogP contribution >= 0.6 is 15.1 Å². The Morgan fingerprint density at radius 2 is 0.979 bits per heavy atom. The topological polar surface area (TPSA) is 35.5 Å². The van der Waals surface area contributed by atoms with Crippen molar-refractivity contribution in [1.29, 1.82) is 0 Å². The molecular weight excluding hydrogens is 626 g/mol. The van der Waals surface area contributed by atoms with E-state index in [0.717, 1.165) is 51.0 Å². The van der Waals surface area contributed by atoms with Gasteiger partial charge in [-0.2, -0.15) is 0 Å². The van der Waals surface area contributed by atoms with Gasteiger partial charge in [-0.15, -0.1) is 0 Å². The van der Waals surface area contributed by atoms with Crippen LogP contribution in [-0.4, -0.2) is 0 Å². The van der Waals surface area contributed by atoms with Gasteiger partial charge in [0.15, 0.2) is 7.14 Å². The molecule has 3 atom stereocenters. The lowest BCUT2D eigenvalue weighted by Gasteiger charge is -2.33. The van der Waals surface area contributed by atoms with Gasteiger partial charge in [-0.05, 0) is 47.8 Å². The third-order valence-electron chi connectivity index (χ3n) is 9.71. The Balaban J connectivity index is 1.46. The summed E-state index contributed by atoms with van der Waals surface area (Å²) in [6, 6.07) is 54.4. The van der Waals surface area contributed by atoms with E-state index in [4.69, 9.17) is 9.47 Å². The van der Waals surface area contributed by atoms with Crippen molar-refractivity contribution in [3.63, 3.8) is 0 Å². The maximum absolute atomic E-state index is 16.1. The lowest BCUT2D eigenvalue weighted by Crippen LogP contribution is -2.39. The van der Waals surface area contributed by atoms with Crippen LogP contribution in [0.5, 0.6) is 0 Å². The van der Waals surface area contributed by atoms with Crippen molar-refractivity contribution in [3.05, 3.63) is 180 Å². The Labute approximate surface area is 284 Å². The molecule has 0 radical (unpaired) electrons. The lowest BCUT2D eigenvalue weighted by molar-refractivity contribution is -0.235. The Morgan fingerprint density at radius 3 is 1.46 bits per heavy atom. The molecule has 2 aliphatic rings. The fourth-order valence-electron chi connectivity index (χ4n) is 7.62. The molecule has 1 spiro atoms. The van der Waals surface area contributed by atoms with Crippen LogP contribution in [-0.2, 0) is 19.8 Å². The molecule has 238 valence electrons. The van der Waals surface area contributed by atoms with E-state index in [1.54, 1.807) is 0 Å². The summed E-state index contributed by atoms with van der Waals surface area (Å²) >= 11 is 0. The minimum absolute atomic E-state index is 0.173. The molecule has 0 aromatic heterocycles. The van der Waals surface area contributed by atoms with Gasteiger partial charge in [0.2, 0.25) is 5.79 Å². The first-order chi connectivity index (χ1) is 23.6. The van der Waals surface area contributed by atoms with Crippen LogP contribution < -0.4 is 31.8 Å². The summed E-state index contributed by atoms with van der Waals surface area (Å²) in [4.78, 5) is 0. The first kappa shape index (κ1) is 31.2. The molecule has 2 aliphatic heterocycles. The fraction of sp³-hybridized carbons (Fsp3) is 0.163. The van der Waals surface area contributed by atoms with E-state index in [1.807, 2.05) is 60.7 Å². The molecule has 0 N–H and O–H groups in total. The predicted molar refractivity (Wildman–Crippen MR) is 200 cm³/mol. The maximum atomic E-state index is 16.1. The fourth-order valence-corrected chi connectivity index (χ4v) is 13.1. The zero-order valence-corrected chi connectivity index (χ0v) is 29.0. The number of benzene rings is 6. The molecule has 0 saturated carbocycles. The van der Waals surface area contributed by atoms with Gasteiger partial charge < -0.3 is 14.0 Å².